The number of rotatable bonds is 8. The van der Waals surface area contributed by atoms with Gasteiger partial charge in [-0.3, -0.25) is 23.7 Å². The van der Waals surface area contributed by atoms with Crippen molar-refractivity contribution >= 4 is 56.2 Å². The second-order valence-electron chi connectivity index (χ2n) is 7.61. The smallest absolute Gasteiger partial charge is 0.362 e. The number of aromatic nitrogens is 1. The molecule has 17 heteroatoms. The zero-order chi connectivity index (χ0) is 25.2. The van der Waals surface area contributed by atoms with Gasteiger partial charge in [-0.25, -0.2) is 9.29 Å². The van der Waals surface area contributed by atoms with Gasteiger partial charge in [-0.05, 0) is 19.8 Å². The van der Waals surface area contributed by atoms with Gasteiger partial charge in [0.05, 0.1) is 12.0 Å². The summed E-state index contributed by atoms with van der Waals surface area (Å²) in [5.74, 6) is -4.20. The Morgan fingerprint density at radius 1 is 1.41 bits per heavy atom. The number of thiazole rings is 1. The first-order valence-corrected chi connectivity index (χ1v) is 12.2. The maximum Gasteiger partial charge on any atom is 0.362 e. The molecule has 1 aromatic rings. The number of nitrogen functional groups attached to an aromatic ring is 1. The highest BCUT2D eigenvalue weighted by molar-refractivity contribution is 7.84. The van der Waals surface area contributed by atoms with E-state index < -0.39 is 64.3 Å². The van der Waals surface area contributed by atoms with Crippen LogP contribution in [0, 0.1) is 5.92 Å². The molecular formula is C17H22N6O9S2. The van der Waals surface area contributed by atoms with E-state index in [0.29, 0.717) is 19.4 Å². The first-order valence-electron chi connectivity index (χ1n) is 9.93. The van der Waals surface area contributed by atoms with Gasteiger partial charge in [-0.15, -0.1) is 11.3 Å². The molecule has 5 N–H and O–H groups in total. The lowest BCUT2D eigenvalue weighted by molar-refractivity contribution is -0.147. The summed E-state index contributed by atoms with van der Waals surface area (Å²) in [5, 5.41) is 16.6. The quantitative estimate of drug-likeness (QED) is 0.131. The molecule has 2 aliphatic heterocycles. The Morgan fingerprint density at radius 3 is 2.68 bits per heavy atom. The lowest BCUT2D eigenvalue weighted by Gasteiger charge is -2.42. The highest BCUT2D eigenvalue weighted by Crippen LogP contribution is 2.23. The van der Waals surface area contributed by atoms with Crippen LogP contribution in [0.4, 0.5) is 5.13 Å². The monoisotopic (exact) mass is 518 g/mol. The molecule has 3 amide bonds. The highest BCUT2D eigenvalue weighted by atomic mass is 32.2. The molecule has 2 fully saturated rings. The van der Waals surface area contributed by atoms with Crippen molar-refractivity contribution in [3.63, 3.8) is 0 Å². The fraction of sp³-hybridized carbons (Fsp3) is 0.529. The number of nitrogens with zero attached hydrogens (tertiary/aromatic N) is 4. The lowest BCUT2D eigenvalue weighted by Crippen LogP contribution is -2.71. The summed E-state index contributed by atoms with van der Waals surface area (Å²) in [6.07, 6.45) is 0.979. The third-order valence-electron chi connectivity index (χ3n) is 5.32. The number of nitrogens with one attached hydrogen (secondary N) is 1. The van der Waals surface area contributed by atoms with E-state index in [1.165, 1.54) is 17.2 Å². The van der Waals surface area contributed by atoms with E-state index in [-0.39, 0.29) is 21.7 Å². The van der Waals surface area contributed by atoms with Gasteiger partial charge < -0.3 is 25.9 Å². The second-order valence-corrected chi connectivity index (χ2v) is 9.78. The number of oxime groups is 1. The summed E-state index contributed by atoms with van der Waals surface area (Å²) >= 11 is 0.991. The van der Waals surface area contributed by atoms with Crippen LogP contribution >= 0.6 is 11.3 Å². The standard InChI is InChI=1S/C17H22N6O9S2/c1-8-12(15(26)23(8)34(29,30)31)20-14(25)13(10-7-33-17(18)19-10)21-32-6-11(24)22-4-2-3-9(5-22)16(27)28/h7-9,12H,2-6H2,1H3,(H2,18,19)(H,20,25)(H,27,28)(H,29,30,31)/b21-13-/t8-,9?,12-/m0/s1. The summed E-state index contributed by atoms with van der Waals surface area (Å²) in [6.45, 7) is 1.11. The highest BCUT2D eigenvalue weighted by Gasteiger charge is 2.51. The largest absolute Gasteiger partial charge is 0.481 e. The number of hydrogen-bond acceptors (Lipinski definition) is 11. The van der Waals surface area contributed by atoms with Crippen LogP contribution in [0.3, 0.4) is 0 Å². The van der Waals surface area contributed by atoms with E-state index in [1.54, 1.807) is 0 Å². The third-order valence-corrected chi connectivity index (χ3v) is 7.00. The van der Waals surface area contributed by atoms with E-state index in [2.05, 4.69) is 15.5 Å². The molecule has 3 heterocycles. The molecule has 3 atom stereocenters. The number of anilines is 1. The van der Waals surface area contributed by atoms with Crippen molar-refractivity contribution in [1.82, 2.24) is 19.5 Å². The molecule has 0 saturated carbocycles. The van der Waals surface area contributed by atoms with E-state index in [4.69, 9.17) is 20.2 Å². The average molecular weight is 519 g/mol. The fourth-order valence-corrected chi connectivity index (χ4v) is 4.99. The van der Waals surface area contributed by atoms with Crippen molar-refractivity contribution in [2.75, 3.05) is 25.4 Å². The summed E-state index contributed by atoms with van der Waals surface area (Å²) in [4.78, 5) is 58.6. The zero-order valence-corrected chi connectivity index (χ0v) is 19.4. The number of nitrogens with two attached hydrogens (primary N) is 1. The van der Waals surface area contributed by atoms with E-state index in [0.717, 1.165) is 11.3 Å². The topological polar surface area (TPSA) is 222 Å². The van der Waals surface area contributed by atoms with Gasteiger partial charge >= 0.3 is 16.3 Å². The Bertz CT molecular complexity index is 1130. The molecule has 34 heavy (non-hydrogen) atoms. The molecule has 15 nitrogen and oxygen atoms in total. The van der Waals surface area contributed by atoms with Crippen LogP contribution < -0.4 is 11.1 Å². The van der Waals surface area contributed by atoms with Gasteiger partial charge in [0.15, 0.2) is 17.5 Å². The Morgan fingerprint density at radius 2 is 2.12 bits per heavy atom. The van der Waals surface area contributed by atoms with Gasteiger partial charge in [0, 0.05) is 18.5 Å². The summed E-state index contributed by atoms with van der Waals surface area (Å²) < 4.78 is 31.7. The number of carboxylic acids is 1. The molecule has 0 bridgehead atoms. The van der Waals surface area contributed by atoms with Gasteiger partial charge in [-0.2, -0.15) is 8.42 Å². The first-order chi connectivity index (χ1) is 15.9. The van der Waals surface area contributed by atoms with Crippen molar-refractivity contribution in [1.29, 1.82) is 0 Å². The van der Waals surface area contributed by atoms with Crippen LogP contribution in [0.25, 0.3) is 0 Å². The molecule has 2 saturated heterocycles. The number of carbonyl (C=O) groups is 4. The van der Waals surface area contributed by atoms with Gasteiger partial charge in [-0.1, -0.05) is 5.16 Å². The minimum Gasteiger partial charge on any atom is -0.481 e. The van der Waals surface area contributed by atoms with Crippen molar-refractivity contribution in [3.05, 3.63) is 11.1 Å². The molecule has 1 unspecified atom stereocenters. The Balaban J connectivity index is 1.68. The Labute approximate surface area is 197 Å². The number of hydrogen-bond donors (Lipinski definition) is 4. The van der Waals surface area contributed by atoms with Gasteiger partial charge in [0.25, 0.3) is 17.7 Å². The SMILES string of the molecule is C[C@H]1[C@H](NC(=O)/C(=N\OCC(=O)N2CCCC(C(=O)O)C2)c2csc(N)n2)C(=O)N1S(=O)(=O)O. The number of likely N-dealkylation sites (tertiary alicyclic amines) is 1. The molecule has 3 rings (SSSR count). The fourth-order valence-electron chi connectivity index (χ4n) is 3.56. The maximum atomic E-state index is 12.8. The molecule has 0 aromatic carbocycles. The van der Waals surface area contributed by atoms with Crippen LogP contribution in [0.2, 0.25) is 0 Å². The molecule has 0 radical (unpaired) electrons. The Hall–Kier alpha value is -3.31. The molecule has 0 spiro atoms. The Kier molecular flexibility index (Phi) is 7.37. The summed E-state index contributed by atoms with van der Waals surface area (Å²) in [7, 11) is -4.77. The summed E-state index contributed by atoms with van der Waals surface area (Å²) in [6, 6.07) is -2.32. The maximum absolute atomic E-state index is 12.8. The number of carbonyl (C=O) groups excluding carboxylic acids is 3. The predicted molar refractivity (Wildman–Crippen MR) is 116 cm³/mol. The predicted octanol–water partition coefficient (Wildman–Crippen LogP) is -1.71. The molecule has 186 valence electrons. The van der Waals surface area contributed by atoms with Crippen LogP contribution in [0.1, 0.15) is 25.5 Å². The summed E-state index contributed by atoms with van der Waals surface area (Å²) in [5.41, 5.74) is 5.16. The van der Waals surface area contributed by atoms with Gasteiger partial charge in [0.1, 0.15) is 11.7 Å². The first kappa shape index (κ1) is 25.3. The second kappa shape index (κ2) is 9.90. The zero-order valence-electron chi connectivity index (χ0n) is 17.8. The van der Waals surface area contributed by atoms with Crippen molar-refractivity contribution in [2.24, 2.45) is 11.1 Å². The number of aliphatic carboxylic acids is 1. The minimum absolute atomic E-state index is 0.0116. The molecular weight excluding hydrogens is 496 g/mol. The third kappa shape index (κ3) is 5.42. The van der Waals surface area contributed by atoms with Crippen LogP contribution in [0.15, 0.2) is 10.5 Å². The number of carboxylic acid groups (broad SMARTS) is 1. The van der Waals surface area contributed by atoms with E-state index in [9.17, 15) is 27.6 Å². The van der Waals surface area contributed by atoms with Crippen LogP contribution in [-0.4, -0.2) is 93.4 Å². The number of β-lactam (4-membered cyclic amide) rings is 1. The van der Waals surface area contributed by atoms with Crippen LogP contribution in [0.5, 0.6) is 0 Å². The lowest BCUT2D eigenvalue weighted by atomic mass is 9.98. The van der Waals surface area contributed by atoms with E-state index in [1.807, 2.05) is 0 Å². The molecule has 2 aliphatic rings. The van der Waals surface area contributed by atoms with E-state index >= 15 is 0 Å². The van der Waals surface area contributed by atoms with Crippen molar-refractivity contribution < 1.29 is 42.1 Å². The average Bonchev–Trinajstić information content (AvgIpc) is 3.19. The molecule has 0 aliphatic carbocycles. The van der Waals surface area contributed by atoms with Crippen LogP contribution in [-0.2, 0) is 34.3 Å². The van der Waals surface area contributed by atoms with Gasteiger partial charge in [0.2, 0.25) is 0 Å². The number of amides is 3. The van der Waals surface area contributed by atoms with Crippen molar-refractivity contribution in [2.45, 2.75) is 31.8 Å². The number of piperidine rings is 1. The van der Waals surface area contributed by atoms with Crippen molar-refractivity contribution in [3.8, 4) is 0 Å². The molecule has 1 aromatic heterocycles. The normalized spacial score (nSPS) is 23.3. The minimum atomic E-state index is -4.77.